The molecule has 3 aromatic rings. The van der Waals surface area contributed by atoms with Crippen LogP contribution in [0.15, 0.2) is 47.4 Å². The molecule has 0 N–H and O–H groups in total. The number of alkyl halides is 3. The number of hydrogen-bond donors (Lipinski definition) is 0. The van der Waals surface area contributed by atoms with Crippen molar-refractivity contribution in [3.05, 3.63) is 53.6 Å². The van der Waals surface area contributed by atoms with Gasteiger partial charge in [-0.15, -0.1) is 5.10 Å². The van der Waals surface area contributed by atoms with E-state index in [1.54, 1.807) is 0 Å². The van der Waals surface area contributed by atoms with Crippen LogP contribution in [0.3, 0.4) is 0 Å². The zero-order chi connectivity index (χ0) is 19.8. The number of benzene rings is 2. The fourth-order valence-electron chi connectivity index (χ4n) is 2.40. The molecule has 0 aliphatic heterocycles. The summed E-state index contributed by atoms with van der Waals surface area (Å²) in [4.78, 5) is 6.25. The van der Waals surface area contributed by atoms with Crippen LogP contribution in [0.4, 0.5) is 13.2 Å². The molecule has 1 aromatic heterocycles. The molecule has 0 atom stereocenters. The van der Waals surface area contributed by atoms with E-state index in [1.165, 1.54) is 50.5 Å². The monoisotopic (exact) mass is 400 g/mol. The third-order valence-electron chi connectivity index (χ3n) is 3.83. The zero-order valence-corrected chi connectivity index (χ0v) is 15.1. The van der Waals surface area contributed by atoms with Gasteiger partial charge in [0.2, 0.25) is 10.0 Å². The van der Waals surface area contributed by atoms with Crippen molar-refractivity contribution in [1.29, 1.82) is 0 Å². The molecule has 11 heteroatoms. The quantitative estimate of drug-likeness (QED) is 0.657. The molecule has 3 rings (SSSR count). The molecular weight excluding hydrogens is 385 g/mol. The van der Waals surface area contributed by atoms with Crippen molar-refractivity contribution in [3.63, 3.8) is 0 Å². The topological polar surface area (TPSA) is 77.3 Å². The van der Waals surface area contributed by atoms with Gasteiger partial charge in [0.15, 0.2) is 0 Å². The van der Waals surface area contributed by atoms with Crippen LogP contribution in [0.5, 0.6) is 0 Å². The fraction of sp³-hybridized carbons (Fsp3) is 0.250. The van der Waals surface area contributed by atoms with Gasteiger partial charge in [-0.05, 0) is 29.5 Å². The number of nitrogens with zero attached hydrogens (tertiary/aromatic N) is 4. The summed E-state index contributed by atoms with van der Waals surface area (Å²) in [6.45, 7) is -0.418. The number of fused-ring (bicyclic) bond motifs is 1. The normalized spacial score (nSPS) is 12.7. The van der Waals surface area contributed by atoms with Crippen LogP contribution in [0.25, 0.3) is 11.0 Å². The Bertz CT molecular complexity index is 1080. The Morgan fingerprint density at radius 1 is 1.15 bits per heavy atom. The Balaban J connectivity index is 1.93. The second kappa shape index (κ2) is 6.82. The van der Waals surface area contributed by atoms with Crippen molar-refractivity contribution < 1.29 is 26.4 Å². The molecule has 0 saturated heterocycles. The molecule has 0 unspecified atom stereocenters. The summed E-state index contributed by atoms with van der Waals surface area (Å²) in [6.07, 6.45) is -4.52. The van der Waals surface area contributed by atoms with Gasteiger partial charge in [-0.1, -0.05) is 23.0 Å². The molecule has 0 amide bonds. The average molecular weight is 400 g/mol. The van der Waals surface area contributed by atoms with Crippen molar-refractivity contribution in [1.82, 2.24) is 19.5 Å². The standard InChI is InChI=1S/C16H15F3N4O3S/c1-22(2)27(24,25)12-7-8-14-15(9-12)23(21-20-14)26-10-11-5-3-4-6-13(11)16(17,18)19/h3-9H,10H2,1-2H3. The molecule has 0 spiro atoms. The highest BCUT2D eigenvalue weighted by molar-refractivity contribution is 7.89. The van der Waals surface area contributed by atoms with E-state index in [2.05, 4.69) is 10.3 Å². The first-order valence-electron chi connectivity index (χ1n) is 7.67. The average Bonchev–Trinajstić information content (AvgIpc) is 3.01. The first-order chi connectivity index (χ1) is 12.6. The summed E-state index contributed by atoms with van der Waals surface area (Å²) < 4.78 is 64.7. The lowest BCUT2D eigenvalue weighted by atomic mass is 10.1. The molecule has 7 nitrogen and oxygen atoms in total. The van der Waals surface area contributed by atoms with Crippen LogP contribution in [0, 0.1) is 0 Å². The van der Waals surface area contributed by atoms with Crippen LogP contribution in [-0.4, -0.2) is 42.0 Å². The van der Waals surface area contributed by atoms with E-state index in [4.69, 9.17) is 4.84 Å². The van der Waals surface area contributed by atoms with E-state index in [0.717, 1.165) is 15.2 Å². The Kier molecular flexibility index (Phi) is 4.82. The highest BCUT2D eigenvalue weighted by Gasteiger charge is 2.33. The van der Waals surface area contributed by atoms with Crippen molar-refractivity contribution in [2.24, 2.45) is 0 Å². The van der Waals surface area contributed by atoms with Crippen molar-refractivity contribution >= 4 is 21.1 Å². The van der Waals surface area contributed by atoms with Gasteiger partial charge >= 0.3 is 6.18 Å². The number of rotatable bonds is 5. The van der Waals surface area contributed by atoms with Gasteiger partial charge in [0.05, 0.1) is 10.5 Å². The summed E-state index contributed by atoms with van der Waals surface area (Å²) in [5, 5.41) is 7.55. The summed E-state index contributed by atoms with van der Waals surface area (Å²) in [5.41, 5.74) is -0.324. The molecule has 0 aliphatic carbocycles. The predicted molar refractivity (Wildman–Crippen MR) is 90.1 cm³/mol. The van der Waals surface area contributed by atoms with Crippen molar-refractivity contribution in [2.45, 2.75) is 17.7 Å². The lowest BCUT2D eigenvalue weighted by molar-refractivity contribution is -0.139. The minimum absolute atomic E-state index is 0.0113. The maximum Gasteiger partial charge on any atom is 0.416 e. The zero-order valence-electron chi connectivity index (χ0n) is 14.3. The fourth-order valence-corrected chi connectivity index (χ4v) is 3.32. The van der Waals surface area contributed by atoms with E-state index < -0.39 is 28.4 Å². The first kappa shape index (κ1) is 19.1. The lowest BCUT2D eigenvalue weighted by Gasteiger charge is -2.13. The molecule has 0 fully saturated rings. The molecule has 2 aromatic carbocycles. The van der Waals surface area contributed by atoms with Crippen molar-refractivity contribution in [3.8, 4) is 0 Å². The Labute approximate surface area is 153 Å². The highest BCUT2D eigenvalue weighted by atomic mass is 32.2. The minimum Gasteiger partial charge on any atom is -0.390 e. The van der Waals surface area contributed by atoms with Crippen LogP contribution in [-0.2, 0) is 22.8 Å². The maximum absolute atomic E-state index is 13.1. The third-order valence-corrected chi connectivity index (χ3v) is 5.64. The molecule has 0 bridgehead atoms. The van der Waals surface area contributed by atoms with Crippen LogP contribution in [0.2, 0.25) is 0 Å². The summed E-state index contributed by atoms with van der Waals surface area (Å²) in [7, 11) is -0.919. The van der Waals surface area contributed by atoms with Crippen LogP contribution in [0.1, 0.15) is 11.1 Å². The van der Waals surface area contributed by atoms with E-state index in [9.17, 15) is 21.6 Å². The number of aromatic nitrogens is 3. The van der Waals surface area contributed by atoms with E-state index in [1.807, 2.05) is 0 Å². The van der Waals surface area contributed by atoms with Gasteiger partial charge in [0.25, 0.3) is 0 Å². The van der Waals surface area contributed by atoms with Gasteiger partial charge in [-0.25, -0.2) is 12.7 Å². The molecule has 0 saturated carbocycles. The largest absolute Gasteiger partial charge is 0.416 e. The third kappa shape index (κ3) is 3.74. The van der Waals surface area contributed by atoms with Gasteiger partial charge in [0, 0.05) is 19.7 Å². The maximum atomic E-state index is 13.1. The Morgan fingerprint density at radius 2 is 1.85 bits per heavy atom. The molecule has 0 radical (unpaired) electrons. The molecule has 0 aliphatic rings. The van der Waals surface area contributed by atoms with Gasteiger partial charge in [-0.3, -0.25) is 0 Å². The summed E-state index contributed by atoms with van der Waals surface area (Å²) in [6, 6.07) is 9.13. The van der Waals surface area contributed by atoms with Gasteiger partial charge in [-0.2, -0.15) is 13.2 Å². The SMILES string of the molecule is CN(C)S(=O)(=O)c1ccc2nnn(OCc3ccccc3C(F)(F)F)c2c1. The van der Waals surface area contributed by atoms with Gasteiger partial charge < -0.3 is 4.84 Å². The minimum atomic E-state index is -4.52. The molecule has 1 heterocycles. The van der Waals surface area contributed by atoms with E-state index in [-0.39, 0.29) is 16.0 Å². The predicted octanol–water partition coefficient (Wildman–Crippen LogP) is 2.33. The first-order valence-corrected chi connectivity index (χ1v) is 9.11. The molecule has 144 valence electrons. The van der Waals surface area contributed by atoms with Crippen molar-refractivity contribution in [2.75, 3.05) is 14.1 Å². The smallest absolute Gasteiger partial charge is 0.390 e. The number of hydrogen-bond acceptors (Lipinski definition) is 5. The van der Waals surface area contributed by atoms with Crippen LogP contribution < -0.4 is 4.84 Å². The summed E-state index contributed by atoms with van der Waals surface area (Å²) >= 11 is 0. The van der Waals surface area contributed by atoms with E-state index in [0.29, 0.717) is 5.52 Å². The van der Waals surface area contributed by atoms with E-state index >= 15 is 0 Å². The number of sulfonamides is 1. The Hall–Kier alpha value is -2.66. The Morgan fingerprint density at radius 3 is 2.52 bits per heavy atom. The van der Waals surface area contributed by atoms with Crippen LogP contribution >= 0.6 is 0 Å². The summed E-state index contributed by atoms with van der Waals surface area (Å²) in [5.74, 6) is 0. The molecule has 27 heavy (non-hydrogen) atoms. The second-order valence-corrected chi connectivity index (χ2v) is 7.98. The van der Waals surface area contributed by atoms with Gasteiger partial charge in [0.1, 0.15) is 17.6 Å². The second-order valence-electron chi connectivity index (χ2n) is 5.83. The number of halogens is 3. The highest BCUT2D eigenvalue weighted by Crippen LogP contribution is 2.32. The lowest BCUT2D eigenvalue weighted by Crippen LogP contribution is -2.22. The molecular formula is C16H15F3N4O3S.